The molecule has 3 nitrogen and oxygen atoms in total. The van der Waals surface area contributed by atoms with E-state index in [0.29, 0.717) is 25.2 Å². The molecule has 20 heavy (non-hydrogen) atoms. The van der Waals surface area contributed by atoms with Crippen LogP contribution in [0.1, 0.15) is 44.7 Å². The largest absolute Gasteiger partial charge is 0.486 e. The molecule has 110 valence electrons. The van der Waals surface area contributed by atoms with Gasteiger partial charge in [-0.1, -0.05) is 19.9 Å². The van der Waals surface area contributed by atoms with Crippen molar-refractivity contribution in [1.29, 1.82) is 0 Å². The molecule has 3 rings (SSSR count). The van der Waals surface area contributed by atoms with Crippen molar-refractivity contribution in [3.8, 4) is 11.5 Å². The SMILES string of the molecule is CCCNC(c1ccc2c(c1)OCCO2)C(C)C1CC1. The van der Waals surface area contributed by atoms with Gasteiger partial charge in [0.05, 0.1) is 0 Å². The normalized spacial score (nSPS) is 20.5. The molecule has 2 unspecified atom stereocenters. The summed E-state index contributed by atoms with van der Waals surface area (Å²) in [7, 11) is 0. The van der Waals surface area contributed by atoms with Gasteiger partial charge in [-0.3, -0.25) is 0 Å². The second-order valence-electron chi connectivity index (χ2n) is 6.03. The Kier molecular flexibility index (Phi) is 4.16. The lowest BCUT2D eigenvalue weighted by Crippen LogP contribution is -2.29. The third kappa shape index (κ3) is 2.93. The lowest BCUT2D eigenvalue weighted by Gasteiger charge is -2.27. The van der Waals surface area contributed by atoms with Crippen molar-refractivity contribution in [3.63, 3.8) is 0 Å². The Morgan fingerprint density at radius 1 is 1.20 bits per heavy atom. The molecule has 0 saturated heterocycles. The molecule has 1 N–H and O–H groups in total. The molecule has 1 aromatic carbocycles. The fraction of sp³-hybridized carbons (Fsp3) is 0.647. The van der Waals surface area contributed by atoms with E-state index in [1.54, 1.807) is 0 Å². The van der Waals surface area contributed by atoms with E-state index in [4.69, 9.17) is 9.47 Å². The summed E-state index contributed by atoms with van der Waals surface area (Å²) in [5.74, 6) is 3.36. The summed E-state index contributed by atoms with van der Waals surface area (Å²) in [6, 6.07) is 6.85. The summed E-state index contributed by atoms with van der Waals surface area (Å²) in [5.41, 5.74) is 1.34. The first-order chi connectivity index (χ1) is 9.79. The standard InChI is InChI=1S/C17H25NO2/c1-3-8-18-17(12(2)13-4-5-13)14-6-7-15-16(11-14)20-10-9-19-15/h6-7,11-13,17-18H,3-5,8-10H2,1-2H3. The quantitative estimate of drug-likeness (QED) is 0.861. The van der Waals surface area contributed by atoms with E-state index in [2.05, 4.69) is 37.4 Å². The van der Waals surface area contributed by atoms with Crippen molar-refractivity contribution in [1.82, 2.24) is 5.32 Å². The zero-order chi connectivity index (χ0) is 13.9. The molecule has 1 aliphatic heterocycles. The Labute approximate surface area is 121 Å². The maximum absolute atomic E-state index is 5.72. The molecule has 0 aromatic heterocycles. The lowest BCUT2D eigenvalue weighted by atomic mass is 9.90. The molecule has 2 atom stereocenters. The predicted octanol–water partition coefficient (Wildman–Crippen LogP) is 3.54. The van der Waals surface area contributed by atoms with Crippen molar-refractivity contribution >= 4 is 0 Å². The van der Waals surface area contributed by atoms with Crippen molar-refractivity contribution in [2.75, 3.05) is 19.8 Å². The van der Waals surface area contributed by atoms with Crippen LogP contribution in [0.4, 0.5) is 0 Å². The smallest absolute Gasteiger partial charge is 0.161 e. The number of benzene rings is 1. The number of hydrogen-bond acceptors (Lipinski definition) is 3. The minimum atomic E-state index is 0.429. The Bertz CT molecular complexity index is 456. The third-order valence-corrected chi connectivity index (χ3v) is 4.43. The molecule has 3 heteroatoms. The first-order valence-corrected chi connectivity index (χ1v) is 7.92. The number of nitrogens with one attached hydrogen (secondary N) is 1. The molecular formula is C17H25NO2. The van der Waals surface area contributed by atoms with E-state index in [9.17, 15) is 0 Å². The van der Waals surface area contributed by atoms with Crippen LogP contribution >= 0.6 is 0 Å². The molecule has 0 bridgehead atoms. The highest BCUT2D eigenvalue weighted by molar-refractivity contribution is 5.44. The molecular weight excluding hydrogens is 250 g/mol. The summed E-state index contributed by atoms with van der Waals surface area (Å²) in [4.78, 5) is 0. The van der Waals surface area contributed by atoms with E-state index in [1.807, 2.05) is 0 Å². The van der Waals surface area contributed by atoms with Crippen LogP contribution in [0.15, 0.2) is 18.2 Å². The lowest BCUT2D eigenvalue weighted by molar-refractivity contribution is 0.171. The second kappa shape index (κ2) is 6.04. The summed E-state index contributed by atoms with van der Waals surface area (Å²) in [6.45, 7) is 6.97. The maximum Gasteiger partial charge on any atom is 0.161 e. The van der Waals surface area contributed by atoms with Gasteiger partial charge < -0.3 is 14.8 Å². The fourth-order valence-corrected chi connectivity index (χ4v) is 3.05. The molecule has 0 radical (unpaired) electrons. The molecule has 1 saturated carbocycles. The second-order valence-corrected chi connectivity index (χ2v) is 6.03. The number of fused-ring (bicyclic) bond motifs is 1. The van der Waals surface area contributed by atoms with Gasteiger partial charge in [0.2, 0.25) is 0 Å². The zero-order valence-electron chi connectivity index (χ0n) is 12.5. The van der Waals surface area contributed by atoms with Crippen LogP contribution in [0.5, 0.6) is 11.5 Å². The number of ether oxygens (including phenoxy) is 2. The van der Waals surface area contributed by atoms with Crippen molar-refractivity contribution in [3.05, 3.63) is 23.8 Å². The fourth-order valence-electron chi connectivity index (χ4n) is 3.05. The van der Waals surface area contributed by atoms with Crippen molar-refractivity contribution < 1.29 is 9.47 Å². The summed E-state index contributed by atoms with van der Waals surface area (Å²) < 4.78 is 11.3. The first-order valence-electron chi connectivity index (χ1n) is 7.92. The van der Waals surface area contributed by atoms with E-state index in [1.165, 1.54) is 24.8 Å². The van der Waals surface area contributed by atoms with Crippen molar-refractivity contribution in [2.24, 2.45) is 11.8 Å². The zero-order valence-corrected chi connectivity index (χ0v) is 12.5. The molecule has 1 aromatic rings. The third-order valence-electron chi connectivity index (χ3n) is 4.43. The van der Waals surface area contributed by atoms with E-state index >= 15 is 0 Å². The molecule has 2 aliphatic rings. The first kappa shape index (κ1) is 13.7. The molecule has 1 aliphatic carbocycles. The van der Waals surface area contributed by atoms with Gasteiger partial charge in [0, 0.05) is 6.04 Å². The highest BCUT2D eigenvalue weighted by Crippen LogP contribution is 2.44. The number of hydrogen-bond donors (Lipinski definition) is 1. The topological polar surface area (TPSA) is 30.5 Å². The van der Waals surface area contributed by atoms with Gasteiger partial charge in [0.25, 0.3) is 0 Å². The van der Waals surface area contributed by atoms with Gasteiger partial charge in [0.1, 0.15) is 13.2 Å². The van der Waals surface area contributed by atoms with Crippen LogP contribution in [0.3, 0.4) is 0 Å². The van der Waals surface area contributed by atoms with E-state index in [-0.39, 0.29) is 0 Å². The Morgan fingerprint density at radius 2 is 1.95 bits per heavy atom. The molecule has 0 spiro atoms. The van der Waals surface area contributed by atoms with Gasteiger partial charge in [0.15, 0.2) is 11.5 Å². The maximum atomic E-state index is 5.72. The highest BCUT2D eigenvalue weighted by atomic mass is 16.6. The van der Waals surface area contributed by atoms with Crippen LogP contribution in [-0.4, -0.2) is 19.8 Å². The van der Waals surface area contributed by atoms with E-state index < -0.39 is 0 Å². The minimum Gasteiger partial charge on any atom is -0.486 e. The molecule has 0 amide bonds. The number of rotatable bonds is 6. The van der Waals surface area contributed by atoms with Gasteiger partial charge >= 0.3 is 0 Å². The van der Waals surface area contributed by atoms with Crippen LogP contribution in [-0.2, 0) is 0 Å². The summed E-state index contributed by atoms with van der Waals surface area (Å²) in [6.07, 6.45) is 3.94. The Balaban J connectivity index is 1.81. The summed E-state index contributed by atoms with van der Waals surface area (Å²) >= 11 is 0. The average molecular weight is 275 g/mol. The van der Waals surface area contributed by atoms with E-state index in [0.717, 1.165) is 24.0 Å². The monoisotopic (exact) mass is 275 g/mol. The van der Waals surface area contributed by atoms with Crippen LogP contribution in [0.25, 0.3) is 0 Å². The van der Waals surface area contributed by atoms with Gasteiger partial charge in [-0.2, -0.15) is 0 Å². The Morgan fingerprint density at radius 3 is 2.65 bits per heavy atom. The van der Waals surface area contributed by atoms with Gasteiger partial charge in [-0.15, -0.1) is 0 Å². The predicted molar refractivity (Wildman–Crippen MR) is 80.4 cm³/mol. The van der Waals surface area contributed by atoms with Crippen molar-refractivity contribution in [2.45, 2.75) is 39.2 Å². The Hall–Kier alpha value is -1.22. The molecule has 1 heterocycles. The van der Waals surface area contributed by atoms with Crippen LogP contribution in [0.2, 0.25) is 0 Å². The highest BCUT2D eigenvalue weighted by Gasteiger charge is 2.34. The summed E-state index contributed by atoms with van der Waals surface area (Å²) in [5, 5.41) is 3.72. The molecule has 1 fully saturated rings. The minimum absolute atomic E-state index is 0.429. The average Bonchev–Trinajstić information content (AvgIpc) is 3.32. The van der Waals surface area contributed by atoms with Gasteiger partial charge in [-0.05, 0) is 55.3 Å². The van der Waals surface area contributed by atoms with Crippen LogP contribution < -0.4 is 14.8 Å². The van der Waals surface area contributed by atoms with Crippen LogP contribution in [0, 0.1) is 11.8 Å². The van der Waals surface area contributed by atoms with Gasteiger partial charge in [-0.25, -0.2) is 0 Å².